The van der Waals surface area contributed by atoms with E-state index >= 15 is 0 Å². The maximum atomic E-state index is 4.43. The van der Waals surface area contributed by atoms with Crippen LogP contribution in [0, 0.1) is 20.8 Å². The number of benzene rings is 1. The van der Waals surface area contributed by atoms with Crippen LogP contribution < -0.4 is 0 Å². The quantitative estimate of drug-likeness (QED) is 0.224. The van der Waals surface area contributed by atoms with Crippen LogP contribution in [0.1, 0.15) is 75.6 Å². The zero-order chi connectivity index (χ0) is 26.4. The van der Waals surface area contributed by atoms with Gasteiger partial charge in [-0.15, -0.1) is 18.9 Å². The molecule has 0 saturated carbocycles. The molecule has 2 aliphatic rings. The van der Waals surface area contributed by atoms with Crippen molar-refractivity contribution in [3.05, 3.63) is 124 Å². The summed E-state index contributed by atoms with van der Waals surface area (Å²) in [5.74, 6) is 0. The van der Waals surface area contributed by atoms with Gasteiger partial charge in [-0.1, -0.05) is 49.4 Å². The highest BCUT2D eigenvalue weighted by molar-refractivity contribution is 5.62. The fraction of sp³-hybridized carbons (Fsp3) is 0.353. The van der Waals surface area contributed by atoms with Crippen LogP contribution in [0.4, 0.5) is 0 Å². The van der Waals surface area contributed by atoms with Crippen molar-refractivity contribution in [1.29, 1.82) is 0 Å². The van der Waals surface area contributed by atoms with E-state index in [9.17, 15) is 0 Å². The Bertz CT molecular complexity index is 1110. The maximum Gasteiger partial charge on any atom is 0.0296 e. The molecule has 0 fully saturated rings. The summed E-state index contributed by atoms with van der Waals surface area (Å²) < 4.78 is 0. The minimum atomic E-state index is 0.846. The molecular formula is C34H45N. The topological polar surface area (TPSA) is 12.4 Å². The first-order chi connectivity index (χ1) is 16.8. The predicted molar refractivity (Wildman–Crippen MR) is 158 cm³/mol. The number of rotatable bonds is 6. The first-order valence-corrected chi connectivity index (χ1v) is 12.7. The number of hydrogen-bond donors (Lipinski definition) is 0. The van der Waals surface area contributed by atoms with Crippen LogP contribution in [0.5, 0.6) is 0 Å². The Hall–Kier alpha value is -3.15. The molecule has 0 atom stereocenters. The Balaban J connectivity index is 0.000000395. The fourth-order valence-electron chi connectivity index (χ4n) is 4.23. The normalized spacial score (nSPS) is 15.1. The highest BCUT2D eigenvalue weighted by atomic mass is 14.7. The predicted octanol–water partition coefficient (Wildman–Crippen LogP) is 9.98. The largest absolute Gasteiger partial charge is 0.268 e. The molecule has 0 spiro atoms. The molecule has 0 unspecified atom stereocenters. The zero-order valence-corrected chi connectivity index (χ0v) is 23.2. The van der Waals surface area contributed by atoms with Crippen LogP contribution in [0.15, 0.2) is 107 Å². The second kappa shape index (κ2) is 15.7. The van der Waals surface area contributed by atoms with Gasteiger partial charge in [0.1, 0.15) is 0 Å². The monoisotopic (exact) mass is 467 g/mol. The van der Waals surface area contributed by atoms with E-state index in [0.29, 0.717) is 0 Å². The lowest BCUT2D eigenvalue weighted by molar-refractivity contribution is 0.897. The minimum Gasteiger partial charge on any atom is -0.268 e. The van der Waals surface area contributed by atoms with E-state index in [1.165, 1.54) is 56.5 Å². The van der Waals surface area contributed by atoms with E-state index in [1.807, 2.05) is 31.5 Å². The Morgan fingerprint density at radius 1 is 1.03 bits per heavy atom. The van der Waals surface area contributed by atoms with Crippen molar-refractivity contribution in [1.82, 2.24) is 0 Å². The van der Waals surface area contributed by atoms with Gasteiger partial charge in [0.25, 0.3) is 0 Å². The Kier molecular flexibility index (Phi) is 13.4. The molecule has 1 aromatic rings. The van der Waals surface area contributed by atoms with Crippen molar-refractivity contribution in [2.24, 2.45) is 4.99 Å². The first kappa shape index (κ1) is 29.9. The molecule has 0 aromatic heterocycles. The lowest BCUT2D eigenvalue weighted by Gasteiger charge is -2.11. The zero-order valence-electron chi connectivity index (χ0n) is 23.2. The molecular weight excluding hydrogens is 422 g/mol. The van der Waals surface area contributed by atoms with Gasteiger partial charge >= 0.3 is 0 Å². The Morgan fingerprint density at radius 3 is 2.40 bits per heavy atom. The van der Waals surface area contributed by atoms with E-state index in [1.54, 1.807) is 0 Å². The van der Waals surface area contributed by atoms with Crippen LogP contribution in [0.25, 0.3) is 0 Å². The van der Waals surface area contributed by atoms with Gasteiger partial charge in [0.05, 0.1) is 0 Å². The Labute approximate surface area is 215 Å². The van der Waals surface area contributed by atoms with Crippen molar-refractivity contribution < 1.29 is 0 Å². The lowest BCUT2D eigenvalue weighted by Crippen LogP contribution is -1.93. The van der Waals surface area contributed by atoms with Gasteiger partial charge in [-0.3, -0.25) is 4.99 Å². The molecule has 0 amide bonds. The molecule has 3 rings (SSSR count). The van der Waals surface area contributed by atoms with Gasteiger partial charge in [0, 0.05) is 18.8 Å². The summed E-state index contributed by atoms with van der Waals surface area (Å²) in [7, 11) is 0. The molecule has 0 heterocycles. The number of hydrogen-bond acceptors (Lipinski definition) is 1. The van der Waals surface area contributed by atoms with Gasteiger partial charge in [0.2, 0.25) is 0 Å². The first-order valence-electron chi connectivity index (χ1n) is 12.7. The lowest BCUT2D eigenvalue weighted by atomic mass is 9.93. The summed E-state index contributed by atoms with van der Waals surface area (Å²) in [6, 6.07) is 4.44. The van der Waals surface area contributed by atoms with Crippen molar-refractivity contribution in [3.8, 4) is 0 Å². The highest BCUT2D eigenvalue weighted by Gasteiger charge is 2.19. The third kappa shape index (κ3) is 9.19. The van der Waals surface area contributed by atoms with Crippen LogP contribution in [-0.2, 0) is 6.42 Å². The fourth-order valence-corrected chi connectivity index (χ4v) is 4.23. The SMILES string of the molecule is C=C.C=C(C)CC=N/C=C(\C)C1=C(C2=CC=CC=C=C2C)CCC1.CCc1ccc(C)c(C)c1C. The van der Waals surface area contributed by atoms with E-state index in [4.69, 9.17) is 0 Å². The molecule has 1 heteroatoms. The summed E-state index contributed by atoms with van der Waals surface area (Å²) in [4.78, 5) is 4.43. The molecule has 186 valence electrons. The van der Waals surface area contributed by atoms with E-state index < -0.39 is 0 Å². The second-order valence-corrected chi connectivity index (χ2v) is 9.16. The van der Waals surface area contributed by atoms with Crippen LogP contribution >= 0.6 is 0 Å². The number of nitrogens with zero attached hydrogens (tertiary/aromatic N) is 1. The van der Waals surface area contributed by atoms with Gasteiger partial charge in [-0.25, -0.2) is 0 Å². The molecule has 0 N–H and O–H groups in total. The molecule has 2 aliphatic carbocycles. The molecule has 35 heavy (non-hydrogen) atoms. The van der Waals surface area contributed by atoms with Gasteiger partial charge < -0.3 is 0 Å². The molecule has 0 bridgehead atoms. The van der Waals surface area contributed by atoms with Crippen LogP contribution in [0.2, 0.25) is 0 Å². The summed E-state index contributed by atoms with van der Waals surface area (Å²) >= 11 is 0. The number of allylic oxidation sites excluding steroid dienone is 9. The van der Waals surface area contributed by atoms with E-state index in [2.05, 4.69) is 96.3 Å². The summed E-state index contributed by atoms with van der Waals surface area (Å²) in [5, 5.41) is 0. The molecule has 0 saturated heterocycles. The van der Waals surface area contributed by atoms with E-state index in [-0.39, 0.29) is 0 Å². The third-order valence-electron chi connectivity index (χ3n) is 6.56. The van der Waals surface area contributed by atoms with Crippen molar-refractivity contribution in [3.63, 3.8) is 0 Å². The van der Waals surface area contributed by atoms with Crippen molar-refractivity contribution in [2.45, 2.75) is 80.6 Å². The summed E-state index contributed by atoms with van der Waals surface area (Å²) in [5.41, 5.74) is 17.0. The van der Waals surface area contributed by atoms with Crippen molar-refractivity contribution >= 4 is 6.21 Å². The van der Waals surface area contributed by atoms with Gasteiger partial charge in [-0.2, -0.15) is 0 Å². The van der Waals surface area contributed by atoms with Gasteiger partial charge in [0.15, 0.2) is 0 Å². The van der Waals surface area contributed by atoms with Crippen LogP contribution in [-0.4, -0.2) is 6.21 Å². The summed E-state index contributed by atoms with van der Waals surface area (Å²) in [6.45, 7) is 25.0. The molecule has 0 aliphatic heterocycles. The number of aliphatic imine (C=N–C) groups is 1. The average molecular weight is 468 g/mol. The second-order valence-electron chi connectivity index (χ2n) is 9.16. The Morgan fingerprint density at radius 2 is 1.74 bits per heavy atom. The van der Waals surface area contributed by atoms with E-state index in [0.717, 1.165) is 31.3 Å². The summed E-state index contributed by atoms with van der Waals surface area (Å²) in [6.07, 6.45) is 17.8. The molecule has 1 aromatic carbocycles. The minimum absolute atomic E-state index is 0.846. The smallest absolute Gasteiger partial charge is 0.0296 e. The van der Waals surface area contributed by atoms with Crippen molar-refractivity contribution in [2.75, 3.05) is 0 Å². The van der Waals surface area contributed by atoms with Crippen LogP contribution in [0.3, 0.4) is 0 Å². The standard InChI is InChI=1S/C21H25N.C11H16.C2H4/c1-16(2)13-14-22-15-18(4)20-11-8-12-21(20)19-10-7-5-6-9-17(19)3;1-5-11-7-6-8(2)9(3)10(11)4;1-2/h5-7,10,14-15H,1,8,11-13H2,2-4H3;6-7H,5H2,1-4H3;1-2H2/b18-15+,22-14?;;. The molecule has 1 nitrogen and oxygen atoms in total. The number of aryl methyl sites for hydroxylation is 2. The highest BCUT2D eigenvalue weighted by Crippen LogP contribution is 2.38. The molecule has 0 radical (unpaired) electrons. The van der Waals surface area contributed by atoms with Gasteiger partial charge in [-0.05, 0) is 123 Å². The third-order valence-corrected chi connectivity index (χ3v) is 6.56. The average Bonchev–Trinajstić information content (AvgIpc) is 3.24. The maximum absolute atomic E-state index is 4.43.